The molecule has 2 aromatic carbocycles. The van der Waals surface area contributed by atoms with Crippen LogP contribution in [0.5, 0.6) is 0 Å². The number of aromatic amines is 1. The van der Waals surface area contributed by atoms with E-state index in [-0.39, 0.29) is 5.91 Å². The van der Waals surface area contributed by atoms with Crippen molar-refractivity contribution in [1.29, 1.82) is 0 Å². The van der Waals surface area contributed by atoms with E-state index in [1.807, 2.05) is 60.7 Å². The number of aliphatic imine (C=N–C) groups is 2. The van der Waals surface area contributed by atoms with Crippen molar-refractivity contribution in [3.05, 3.63) is 95.8 Å². The van der Waals surface area contributed by atoms with E-state index in [1.165, 1.54) is 5.01 Å². The molecule has 1 atom stereocenters. The summed E-state index contributed by atoms with van der Waals surface area (Å²) in [4.78, 5) is 24.5. The van der Waals surface area contributed by atoms with Crippen LogP contribution in [0.15, 0.2) is 89.0 Å². The predicted octanol–water partition coefficient (Wildman–Crippen LogP) is 2.11. The third-order valence-corrected chi connectivity index (χ3v) is 4.13. The second kappa shape index (κ2) is 7.27. The van der Waals surface area contributed by atoms with Crippen LogP contribution in [0.2, 0.25) is 0 Å². The van der Waals surface area contributed by atoms with Crippen molar-refractivity contribution in [2.75, 3.05) is 0 Å². The molecule has 134 valence electrons. The fourth-order valence-corrected chi connectivity index (χ4v) is 2.78. The third kappa shape index (κ3) is 3.49. The molecule has 0 spiro atoms. The highest BCUT2D eigenvalue weighted by Crippen LogP contribution is 2.15. The van der Waals surface area contributed by atoms with Gasteiger partial charge in [0.25, 0.3) is 5.91 Å². The van der Waals surface area contributed by atoms with E-state index >= 15 is 0 Å². The van der Waals surface area contributed by atoms with Crippen LogP contribution in [0, 0.1) is 0 Å². The van der Waals surface area contributed by atoms with Gasteiger partial charge < -0.3 is 10.3 Å². The number of rotatable bonds is 4. The number of amidine groups is 2. The van der Waals surface area contributed by atoms with Crippen LogP contribution < -0.4 is 11.2 Å². The van der Waals surface area contributed by atoms with Crippen LogP contribution in [0.4, 0.5) is 0 Å². The minimum absolute atomic E-state index is 0.300. The summed E-state index contributed by atoms with van der Waals surface area (Å²) in [5.74, 6) is 7.00. The molecule has 0 saturated heterocycles. The maximum atomic E-state index is 12.5. The smallest absolute Gasteiger partial charge is 0.270 e. The Balaban J connectivity index is 1.71. The Morgan fingerprint density at radius 1 is 0.963 bits per heavy atom. The van der Waals surface area contributed by atoms with Gasteiger partial charge in [0.15, 0.2) is 11.7 Å². The molecule has 0 saturated carbocycles. The van der Waals surface area contributed by atoms with Gasteiger partial charge in [-0.3, -0.25) is 9.80 Å². The van der Waals surface area contributed by atoms with Crippen LogP contribution in [-0.2, 0) is 0 Å². The highest BCUT2D eigenvalue weighted by molar-refractivity contribution is 6.13. The van der Waals surface area contributed by atoms with Crippen LogP contribution in [-0.4, -0.2) is 33.9 Å². The fraction of sp³-hybridized carbons (Fsp3) is 0.0500. The third-order valence-electron chi connectivity index (χ3n) is 4.13. The minimum Gasteiger partial charge on any atom is -0.357 e. The van der Waals surface area contributed by atoms with Crippen molar-refractivity contribution in [3.63, 3.8) is 0 Å². The summed E-state index contributed by atoms with van der Waals surface area (Å²) in [5.41, 5.74) is 2.12. The molecule has 27 heavy (non-hydrogen) atoms. The summed E-state index contributed by atoms with van der Waals surface area (Å²) in [6, 6.07) is 22.6. The number of nitrogens with two attached hydrogens (primary N) is 1. The molecule has 2 heterocycles. The lowest BCUT2D eigenvalue weighted by atomic mass is 10.1. The molecule has 1 aliphatic rings. The predicted molar refractivity (Wildman–Crippen MR) is 104 cm³/mol. The normalized spacial score (nSPS) is 16.5. The zero-order chi connectivity index (χ0) is 18.6. The van der Waals surface area contributed by atoms with Crippen molar-refractivity contribution >= 4 is 17.6 Å². The molecule has 1 aromatic heterocycles. The second-order valence-corrected chi connectivity index (χ2v) is 5.96. The highest BCUT2D eigenvalue weighted by Gasteiger charge is 2.27. The summed E-state index contributed by atoms with van der Waals surface area (Å²) in [6.07, 6.45) is 0.898. The molecule has 4 N–H and O–H groups in total. The van der Waals surface area contributed by atoms with Gasteiger partial charge in [-0.25, -0.2) is 15.8 Å². The van der Waals surface area contributed by atoms with Crippen LogP contribution in [0.3, 0.4) is 0 Å². The molecule has 3 aromatic rings. The molecule has 4 rings (SSSR count). The second-order valence-electron chi connectivity index (χ2n) is 5.96. The number of hydrazine groups is 1. The van der Waals surface area contributed by atoms with Gasteiger partial charge in [-0.1, -0.05) is 60.7 Å². The van der Waals surface area contributed by atoms with Crippen LogP contribution >= 0.6 is 0 Å². The maximum Gasteiger partial charge on any atom is 0.270 e. The van der Waals surface area contributed by atoms with E-state index in [9.17, 15) is 4.79 Å². The Hall–Kier alpha value is -3.71. The molecule has 0 radical (unpaired) electrons. The number of hydrogen-bond acceptors (Lipinski definition) is 5. The number of carbonyl (C=O) groups is 1. The van der Waals surface area contributed by atoms with E-state index in [0.29, 0.717) is 17.4 Å². The number of nitrogens with one attached hydrogen (secondary N) is 2. The fourth-order valence-electron chi connectivity index (χ4n) is 2.78. The topological polar surface area (TPSA) is 98.9 Å². The monoisotopic (exact) mass is 358 g/mol. The van der Waals surface area contributed by atoms with Gasteiger partial charge in [0.1, 0.15) is 5.69 Å². The SMILES string of the molecule is NN1C(c2ccccc2)=NC(c2ccccc2)=NC1NC(=O)c1ccc[nH]1. The number of aromatic nitrogens is 1. The molecule has 1 aliphatic heterocycles. The van der Waals surface area contributed by atoms with Crippen molar-refractivity contribution in [1.82, 2.24) is 15.3 Å². The summed E-state index contributed by atoms with van der Waals surface area (Å²) in [7, 11) is 0. The van der Waals surface area contributed by atoms with Gasteiger partial charge in [-0.2, -0.15) is 0 Å². The van der Waals surface area contributed by atoms with E-state index in [2.05, 4.69) is 20.3 Å². The molecule has 7 nitrogen and oxygen atoms in total. The molecule has 7 heteroatoms. The zero-order valence-electron chi connectivity index (χ0n) is 14.4. The summed E-state index contributed by atoms with van der Waals surface area (Å²) in [5, 5.41) is 4.20. The van der Waals surface area contributed by atoms with E-state index in [0.717, 1.165) is 11.1 Å². The Kier molecular flexibility index (Phi) is 4.51. The largest absolute Gasteiger partial charge is 0.357 e. The van der Waals surface area contributed by atoms with E-state index in [4.69, 9.17) is 5.84 Å². The van der Waals surface area contributed by atoms with Crippen molar-refractivity contribution < 1.29 is 4.79 Å². The first-order valence-electron chi connectivity index (χ1n) is 8.48. The summed E-state index contributed by atoms with van der Waals surface area (Å²) in [6.45, 7) is 0. The van der Waals surface area contributed by atoms with Gasteiger partial charge in [0.2, 0.25) is 6.29 Å². The van der Waals surface area contributed by atoms with E-state index < -0.39 is 6.29 Å². The van der Waals surface area contributed by atoms with E-state index in [1.54, 1.807) is 18.3 Å². The maximum absolute atomic E-state index is 12.5. The standard InChI is InChI=1S/C20H18N6O/c21-26-18(15-10-5-2-6-11-15)23-17(14-8-3-1-4-9-14)24-20(26)25-19(27)16-12-7-13-22-16/h1-13,20,22H,21H2,(H,25,27). The first kappa shape index (κ1) is 16.7. The number of nitrogens with zero attached hydrogens (tertiary/aromatic N) is 3. The quantitative estimate of drug-likeness (QED) is 0.623. The Morgan fingerprint density at radius 3 is 2.26 bits per heavy atom. The highest BCUT2D eigenvalue weighted by atomic mass is 16.2. The lowest BCUT2D eigenvalue weighted by Gasteiger charge is -2.31. The summed E-state index contributed by atoms with van der Waals surface area (Å²) < 4.78 is 0. The summed E-state index contributed by atoms with van der Waals surface area (Å²) >= 11 is 0. The molecule has 1 unspecified atom stereocenters. The first-order chi connectivity index (χ1) is 13.2. The number of carbonyl (C=O) groups excluding carboxylic acids is 1. The first-order valence-corrected chi connectivity index (χ1v) is 8.48. The number of benzene rings is 2. The van der Waals surface area contributed by atoms with Crippen LogP contribution in [0.25, 0.3) is 0 Å². The van der Waals surface area contributed by atoms with Gasteiger partial charge in [0, 0.05) is 17.3 Å². The lowest BCUT2D eigenvalue weighted by Crippen LogP contribution is -2.56. The molecule has 0 aliphatic carbocycles. The zero-order valence-corrected chi connectivity index (χ0v) is 14.4. The van der Waals surface area contributed by atoms with Crippen molar-refractivity contribution in [2.45, 2.75) is 6.29 Å². The molecule has 1 amide bonds. The number of H-pyrrole nitrogens is 1. The average Bonchev–Trinajstić information content (AvgIpc) is 3.26. The van der Waals surface area contributed by atoms with Crippen LogP contribution in [0.1, 0.15) is 21.6 Å². The van der Waals surface area contributed by atoms with Gasteiger partial charge in [-0.15, -0.1) is 0 Å². The Bertz CT molecular complexity index is 980. The van der Waals surface area contributed by atoms with Gasteiger partial charge >= 0.3 is 0 Å². The van der Waals surface area contributed by atoms with Gasteiger partial charge in [-0.05, 0) is 12.1 Å². The number of amides is 1. The lowest BCUT2D eigenvalue weighted by molar-refractivity contribution is 0.0897. The minimum atomic E-state index is -0.788. The molecule has 0 fully saturated rings. The Morgan fingerprint density at radius 2 is 1.63 bits per heavy atom. The van der Waals surface area contributed by atoms with Crippen molar-refractivity contribution in [2.24, 2.45) is 15.8 Å². The van der Waals surface area contributed by atoms with Gasteiger partial charge in [0.05, 0.1) is 0 Å². The molecular weight excluding hydrogens is 340 g/mol. The van der Waals surface area contributed by atoms with Crippen molar-refractivity contribution in [3.8, 4) is 0 Å². The average molecular weight is 358 g/mol. The molecule has 0 bridgehead atoms. The Labute approximate surface area is 156 Å². The number of hydrogen-bond donors (Lipinski definition) is 3. The molecular formula is C20H18N6O.